The maximum Gasteiger partial charge on any atom is 0.351 e. The van der Waals surface area contributed by atoms with E-state index in [1.165, 1.54) is 14.0 Å². The molecule has 4 fully saturated rings. The highest BCUT2D eigenvalue weighted by Gasteiger charge is 2.71. The number of halogens is 1. The normalized spacial score (nSPS) is 47.1. The van der Waals surface area contributed by atoms with Crippen LogP contribution < -0.4 is 0 Å². The summed E-state index contributed by atoms with van der Waals surface area (Å²) in [7, 11) is 5.06. The molecule has 4 aliphatic rings. The number of methoxy groups -OCH3 is 1. The molecule has 4 heterocycles. The molecular weight excluding hydrogens is 639 g/mol. The van der Waals surface area contributed by atoms with Gasteiger partial charge in [-0.1, -0.05) is 33.8 Å². The van der Waals surface area contributed by atoms with E-state index in [0.29, 0.717) is 13.0 Å². The number of alkyl halides is 1. The molecule has 0 aliphatic carbocycles. The number of Topliss-reactive ketones (excluding diaryl/α,β-unsaturated/α-hetero) is 2. The van der Waals surface area contributed by atoms with Gasteiger partial charge in [-0.25, -0.2) is 9.18 Å². The fourth-order valence-corrected chi connectivity index (χ4v) is 9.27. The number of carbonyl (C=O) groups is 4. The number of aliphatic hydroxyl groups is 1. The molecule has 4 aliphatic heterocycles. The number of esters is 2. The number of likely N-dealkylation sites (tertiary alicyclic amines) is 1. The molecule has 12 nitrogen and oxygen atoms in total. The summed E-state index contributed by atoms with van der Waals surface area (Å²) in [5.41, 5.74) is -7.27. The average Bonchev–Trinajstić information content (AvgIpc) is 3.50. The lowest BCUT2D eigenvalue weighted by Gasteiger charge is -2.48. The Morgan fingerprint density at radius 3 is 2.29 bits per heavy atom. The molecule has 0 aromatic carbocycles. The van der Waals surface area contributed by atoms with Crippen LogP contribution in [0.4, 0.5) is 4.39 Å². The summed E-state index contributed by atoms with van der Waals surface area (Å²) in [6, 6.07) is -1.19. The van der Waals surface area contributed by atoms with Crippen LogP contribution in [0.5, 0.6) is 0 Å². The minimum absolute atomic E-state index is 0.0186. The Morgan fingerprint density at radius 2 is 1.73 bits per heavy atom. The summed E-state index contributed by atoms with van der Waals surface area (Å²) in [6.07, 6.45) is -2.86. The number of rotatable bonds is 7. The highest BCUT2D eigenvalue weighted by molar-refractivity contribution is 6.08. The molecule has 4 saturated heterocycles. The van der Waals surface area contributed by atoms with Gasteiger partial charge >= 0.3 is 11.9 Å². The van der Waals surface area contributed by atoms with Crippen molar-refractivity contribution in [3.05, 3.63) is 12.7 Å². The SMILES string of the molecule is C=CCN1CC2(C)C(=O)[C@H](C)C[C@](C)(OC)[C@H](O[C@@H]3O[C@H](C)C[C@H](N(C)C)[C@H]3O)[C@@H](C)C(=O)[C@](C)(F)C(=O)O[C@@H](CC)[C@@]3(C)OC(=O)C1C23. The van der Waals surface area contributed by atoms with E-state index in [1.54, 1.807) is 40.7 Å². The van der Waals surface area contributed by atoms with Crippen LogP contribution in [-0.4, -0.2) is 132 Å². The van der Waals surface area contributed by atoms with Crippen molar-refractivity contribution in [2.24, 2.45) is 23.2 Å². The Balaban J connectivity index is 1.88. The van der Waals surface area contributed by atoms with Crippen LogP contribution in [0.3, 0.4) is 0 Å². The second-order valence-electron chi connectivity index (χ2n) is 15.7. The second kappa shape index (κ2) is 14.0. The van der Waals surface area contributed by atoms with Crippen molar-refractivity contribution in [1.82, 2.24) is 9.80 Å². The molecule has 0 radical (unpaired) electrons. The van der Waals surface area contributed by atoms with E-state index >= 15 is 4.39 Å². The van der Waals surface area contributed by atoms with E-state index in [1.807, 2.05) is 30.8 Å². The van der Waals surface area contributed by atoms with Gasteiger partial charge < -0.3 is 33.7 Å². The number of nitrogens with zero attached hydrogens (tertiary/aromatic N) is 2. The van der Waals surface area contributed by atoms with Crippen LogP contribution >= 0.6 is 0 Å². The number of ether oxygens (including phenoxy) is 5. The van der Waals surface area contributed by atoms with Crippen molar-refractivity contribution in [3.63, 3.8) is 0 Å². The van der Waals surface area contributed by atoms with Crippen molar-refractivity contribution in [2.45, 2.75) is 134 Å². The number of carbonyl (C=O) groups excluding carboxylic acids is 4. The zero-order chi connectivity index (χ0) is 37.0. The van der Waals surface area contributed by atoms with Crippen molar-refractivity contribution in [1.29, 1.82) is 0 Å². The molecule has 1 N–H and O–H groups in total. The Hall–Kier alpha value is -2.29. The number of likely N-dealkylation sites (N-methyl/N-ethyl adjacent to an activating group) is 1. The van der Waals surface area contributed by atoms with Gasteiger partial charge in [0.15, 0.2) is 17.7 Å². The Labute approximate surface area is 289 Å². The van der Waals surface area contributed by atoms with Crippen molar-refractivity contribution < 1.29 is 52.4 Å². The van der Waals surface area contributed by atoms with Gasteiger partial charge in [0, 0.05) is 49.4 Å². The standard InChI is InChI=1S/C36H57FN2O10/c1-13-15-39-18-33(6)26-24(39)30(43)49-36(26,9)23(14-2)47-32(44)35(8,37)28(42)21(5)29(34(7,45-12)17-19(3)27(33)41)48-31-25(40)22(38(10)11)16-20(4)46-31/h13,19-26,29,31,40H,1,14-18H2,2-12H3/t19-,20-,21+,22+,23+,24?,25-,26?,29-,31+,33?,34+,35+,36-/m1/s1. The molecule has 0 aromatic rings. The Morgan fingerprint density at radius 1 is 1.10 bits per heavy atom. The first-order valence-corrected chi connectivity index (χ1v) is 17.4. The monoisotopic (exact) mass is 696 g/mol. The molecule has 4 rings (SSSR count). The topological polar surface area (TPSA) is 141 Å². The maximum atomic E-state index is 16.7. The summed E-state index contributed by atoms with van der Waals surface area (Å²) >= 11 is 0. The lowest BCUT2D eigenvalue weighted by atomic mass is 9.62. The fraction of sp³-hybridized carbons (Fsp3) is 0.833. The molecule has 49 heavy (non-hydrogen) atoms. The van der Waals surface area contributed by atoms with E-state index in [4.69, 9.17) is 23.7 Å². The Kier molecular flexibility index (Phi) is 11.3. The Bertz CT molecular complexity index is 1310. The van der Waals surface area contributed by atoms with Gasteiger partial charge in [-0.05, 0) is 61.1 Å². The van der Waals surface area contributed by atoms with Crippen LogP contribution in [0.15, 0.2) is 12.7 Å². The van der Waals surface area contributed by atoms with Gasteiger partial charge in [-0.15, -0.1) is 6.58 Å². The smallest absolute Gasteiger partial charge is 0.351 e. The van der Waals surface area contributed by atoms with Crippen LogP contribution in [0, 0.1) is 23.2 Å². The van der Waals surface area contributed by atoms with Gasteiger partial charge in [-0.3, -0.25) is 19.3 Å². The lowest BCUT2D eigenvalue weighted by molar-refractivity contribution is -0.295. The number of hydrogen-bond donors (Lipinski definition) is 1. The van der Waals surface area contributed by atoms with Crippen molar-refractivity contribution >= 4 is 23.5 Å². The van der Waals surface area contributed by atoms with Crippen LogP contribution in [-0.2, 0) is 42.9 Å². The van der Waals surface area contributed by atoms with E-state index in [9.17, 15) is 24.3 Å². The minimum atomic E-state index is -3.15. The molecule has 14 atom stereocenters. The average molecular weight is 697 g/mol. The third kappa shape index (κ3) is 6.64. The van der Waals surface area contributed by atoms with Gasteiger partial charge in [0.25, 0.3) is 5.67 Å². The quantitative estimate of drug-likeness (QED) is 0.238. The van der Waals surface area contributed by atoms with Crippen molar-refractivity contribution in [2.75, 3.05) is 34.3 Å². The highest BCUT2D eigenvalue weighted by atomic mass is 19.1. The lowest BCUT2D eigenvalue weighted by Crippen LogP contribution is -2.61. The molecule has 0 amide bonds. The third-order valence-corrected chi connectivity index (χ3v) is 11.8. The molecule has 0 aromatic heterocycles. The molecule has 0 bridgehead atoms. The first-order valence-electron chi connectivity index (χ1n) is 17.4. The molecule has 0 spiro atoms. The predicted molar refractivity (Wildman–Crippen MR) is 177 cm³/mol. The fourth-order valence-electron chi connectivity index (χ4n) is 9.27. The second-order valence-corrected chi connectivity index (χ2v) is 15.7. The minimum Gasteiger partial charge on any atom is -0.455 e. The number of cyclic esters (lactones) is 1. The highest BCUT2D eigenvalue weighted by Crippen LogP contribution is 2.56. The van der Waals surface area contributed by atoms with E-state index < -0.39 is 88.4 Å². The maximum absolute atomic E-state index is 16.7. The predicted octanol–water partition coefficient (Wildman–Crippen LogP) is 2.88. The number of ketones is 2. The molecular formula is C36H57FN2O10. The number of hydrogen-bond acceptors (Lipinski definition) is 12. The molecule has 278 valence electrons. The van der Waals surface area contributed by atoms with Gasteiger partial charge in [0.2, 0.25) is 0 Å². The van der Waals surface area contributed by atoms with E-state index in [2.05, 4.69) is 6.58 Å². The summed E-state index contributed by atoms with van der Waals surface area (Å²) < 4.78 is 47.1. The van der Waals surface area contributed by atoms with E-state index in [-0.39, 0.29) is 37.3 Å². The zero-order valence-electron chi connectivity index (χ0n) is 31.0. The third-order valence-electron chi connectivity index (χ3n) is 11.8. The van der Waals surface area contributed by atoms with Crippen LogP contribution in [0.1, 0.15) is 74.7 Å². The molecule has 0 saturated carbocycles. The first-order chi connectivity index (χ1) is 22.6. The van der Waals surface area contributed by atoms with Gasteiger partial charge in [0.1, 0.15) is 24.0 Å². The summed E-state index contributed by atoms with van der Waals surface area (Å²) in [5.74, 6) is -6.16. The van der Waals surface area contributed by atoms with Crippen LogP contribution in [0.25, 0.3) is 0 Å². The van der Waals surface area contributed by atoms with Crippen LogP contribution in [0.2, 0.25) is 0 Å². The molecule has 13 heteroatoms. The summed E-state index contributed by atoms with van der Waals surface area (Å²) in [6.45, 7) is 17.0. The summed E-state index contributed by atoms with van der Waals surface area (Å²) in [4.78, 5) is 60.0. The molecule has 3 unspecified atom stereocenters. The summed E-state index contributed by atoms with van der Waals surface area (Å²) in [5, 5.41) is 11.4. The zero-order valence-corrected chi connectivity index (χ0v) is 31.0. The first kappa shape index (κ1) is 39.5. The van der Waals surface area contributed by atoms with Gasteiger partial charge in [0.05, 0.1) is 17.8 Å². The van der Waals surface area contributed by atoms with Crippen molar-refractivity contribution in [3.8, 4) is 0 Å². The van der Waals surface area contributed by atoms with Gasteiger partial charge in [-0.2, -0.15) is 0 Å². The largest absolute Gasteiger partial charge is 0.455 e. The number of aliphatic hydroxyl groups excluding tert-OH is 1. The van der Waals surface area contributed by atoms with E-state index in [0.717, 1.165) is 6.92 Å².